The van der Waals surface area contributed by atoms with Gasteiger partial charge in [-0.1, -0.05) is 188 Å². The molecule has 0 heterocycles. The van der Waals surface area contributed by atoms with Crippen LogP contribution in [0.25, 0.3) is 11.1 Å². The third-order valence-electron chi connectivity index (χ3n) is 13.1. The van der Waals surface area contributed by atoms with Gasteiger partial charge in [-0.15, -0.1) is 6.58 Å². The topological polar surface area (TPSA) is 17.1 Å². The van der Waals surface area contributed by atoms with E-state index in [-0.39, 0.29) is 11.2 Å². The zero-order valence-electron chi connectivity index (χ0n) is 44.0. The Bertz CT molecular complexity index is 1960. The standard InChI is InChI=1S/C33H42.C17H26O.C10H20.C2H6/c1-10-13-14-15-16-27-21-31-30(20-26(27)12-3)24(6)32(25(7)33(31,8)9)28-18-17-22(4)19-29(28)23(5)11-2;1-5-8-15(9-6-2)16-10-11-17(13(4)18)14(7-3)12-16;1-5-6-7-10(4)8-9(2)3;1-2/h17-21,23H,6,10-14H2,1-5,7-9H3;10-12,15H,5-9H2,1-4H3;5,9-10H,1,6-8H2,2-4H3;1-2H3. The lowest BCUT2D eigenvalue weighted by Crippen LogP contribution is -2.26. The van der Waals surface area contributed by atoms with Crippen LogP contribution in [0.4, 0.5) is 0 Å². The van der Waals surface area contributed by atoms with Gasteiger partial charge in [-0.3, -0.25) is 4.79 Å². The summed E-state index contributed by atoms with van der Waals surface area (Å²) in [4.78, 5) is 11.6. The van der Waals surface area contributed by atoms with Gasteiger partial charge < -0.3 is 0 Å². The van der Waals surface area contributed by atoms with E-state index in [0.29, 0.717) is 11.8 Å². The lowest BCUT2D eigenvalue weighted by Gasteiger charge is -2.38. The van der Waals surface area contributed by atoms with Gasteiger partial charge in [0.15, 0.2) is 5.78 Å². The highest BCUT2D eigenvalue weighted by molar-refractivity contribution is 6.09. The molecule has 0 saturated heterocycles. The molecule has 0 radical (unpaired) electrons. The Labute approximate surface area is 391 Å². The summed E-state index contributed by atoms with van der Waals surface area (Å²) in [6.45, 7) is 45.9. The van der Waals surface area contributed by atoms with Gasteiger partial charge in [0.2, 0.25) is 0 Å². The number of hydrogen-bond donors (Lipinski definition) is 0. The molecule has 2 atom stereocenters. The van der Waals surface area contributed by atoms with Crippen LogP contribution >= 0.6 is 0 Å². The van der Waals surface area contributed by atoms with E-state index in [1.807, 2.05) is 26.0 Å². The Kier molecular flexibility index (Phi) is 26.8. The van der Waals surface area contributed by atoms with Crippen LogP contribution in [0.2, 0.25) is 0 Å². The van der Waals surface area contributed by atoms with Gasteiger partial charge in [0.05, 0.1) is 0 Å². The monoisotopic (exact) mass is 855 g/mol. The molecule has 4 rings (SSSR count). The number of fused-ring (bicyclic) bond motifs is 1. The van der Waals surface area contributed by atoms with Gasteiger partial charge in [0, 0.05) is 23.0 Å². The molecule has 0 bridgehead atoms. The fourth-order valence-electron chi connectivity index (χ4n) is 9.02. The van der Waals surface area contributed by atoms with Crippen LogP contribution in [-0.4, -0.2) is 5.78 Å². The second-order valence-electron chi connectivity index (χ2n) is 19.0. The van der Waals surface area contributed by atoms with Gasteiger partial charge in [0.25, 0.3) is 0 Å². The minimum absolute atomic E-state index is 0.0738. The molecule has 63 heavy (non-hydrogen) atoms. The summed E-state index contributed by atoms with van der Waals surface area (Å²) < 4.78 is 0. The van der Waals surface area contributed by atoms with Gasteiger partial charge in [0.1, 0.15) is 0 Å². The second-order valence-corrected chi connectivity index (χ2v) is 19.0. The number of rotatable bonds is 18. The van der Waals surface area contributed by atoms with Crippen LogP contribution in [-0.2, 0) is 18.3 Å². The molecule has 0 fully saturated rings. The number of carbonyl (C=O) groups is 1. The van der Waals surface area contributed by atoms with Crippen molar-refractivity contribution in [3.05, 3.63) is 129 Å². The zero-order valence-corrected chi connectivity index (χ0v) is 44.0. The number of ketones is 1. The maximum atomic E-state index is 11.6. The van der Waals surface area contributed by atoms with Crippen molar-refractivity contribution in [2.24, 2.45) is 11.8 Å². The van der Waals surface area contributed by atoms with E-state index in [9.17, 15) is 4.79 Å². The fourth-order valence-corrected chi connectivity index (χ4v) is 9.02. The maximum Gasteiger partial charge on any atom is 0.160 e. The number of Topliss-reactive ketones (excluding diaryl/α,β-unsaturated/α-hetero) is 1. The number of allylic oxidation sites excluding steroid dienone is 4. The summed E-state index contributed by atoms with van der Waals surface area (Å²) in [7, 11) is 0. The summed E-state index contributed by atoms with van der Waals surface area (Å²) in [5.41, 5.74) is 16.7. The van der Waals surface area contributed by atoms with Crippen LogP contribution in [0.15, 0.2) is 73.3 Å². The van der Waals surface area contributed by atoms with Crippen LogP contribution in [0.5, 0.6) is 0 Å². The molecule has 1 aliphatic carbocycles. The van der Waals surface area contributed by atoms with Crippen molar-refractivity contribution >= 4 is 16.9 Å². The lowest BCUT2D eigenvalue weighted by molar-refractivity contribution is 0.101. The molecule has 0 amide bonds. The van der Waals surface area contributed by atoms with Crippen molar-refractivity contribution < 1.29 is 4.79 Å². The van der Waals surface area contributed by atoms with Crippen molar-refractivity contribution in [3.8, 4) is 11.8 Å². The number of benzene rings is 3. The van der Waals surface area contributed by atoms with E-state index in [4.69, 9.17) is 0 Å². The van der Waals surface area contributed by atoms with Gasteiger partial charge in [-0.05, 0) is 164 Å². The Morgan fingerprint density at radius 2 is 1.43 bits per heavy atom. The Hall–Kier alpha value is -3.89. The number of hydrogen-bond acceptors (Lipinski definition) is 1. The third-order valence-corrected chi connectivity index (χ3v) is 13.1. The summed E-state index contributed by atoms with van der Waals surface area (Å²) in [5.74, 6) is 10.00. The highest BCUT2D eigenvalue weighted by Gasteiger charge is 2.36. The highest BCUT2D eigenvalue weighted by Crippen LogP contribution is 2.51. The van der Waals surface area contributed by atoms with E-state index in [1.165, 1.54) is 119 Å². The minimum atomic E-state index is -0.0738. The van der Waals surface area contributed by atoms with E-state index < -0.39 is 0 Å². The molecule has 1 nitrogen and oxygen atoms in total. The van der Waals surface area contributed by atoms with E-state index in [2.05, 4.69) is 164 Å². The molecule has 1 heteroatoms. The zero-order chi connectivity index (χ0) is 47.9. The Morgan fingerprint density at radius 3 is 1.95 bits per heavy atom. The van der Waals surface area contributed by atoms with Crippen LogP contribution in [0, 0.1) is 30.6 Å². The third kappa shape index (κ3) is 16.9. The summed E-state index contributed by atoms with van der Waals surface area (Å²) in [6.07, 6.45) is 17.2. The van der Waals surface area contributed by atoms with Crippen LogP contribution in [0.1, 0.15) is 254 Å². The first-order valence-electron chi connectivity index (χ1n) is 25.4. The number of carbonyl (C=O) groups excluding carboxylic acids is 1. The summed E-state index contributed by atoms with van der Waals surface area (Å²) in [6, 6.07) is 18.1. The van der Waals surface area contributed by atoms with Crippen molar-refractivity contribution in [3.63, 3.8) is 0 Å². The molecule has 348 valence electrons. The summed E-state index contributed by atoms with van der Waals surface area (Å²) in [5, 5.41) is 0. The molecule has 0 saturated carbocycles. The van der Waals surface area contributed by atoms with E-state index >= 15 is 0 Å². The first kappa shape index (κ1) is 57.1. The second kappa shape index (κ2) is 29.5. The molecule has 0 N–H and O–H groups in total. The van der Waals surface area contributed by atoms with Gasteiger partial charge >= 0.3 is 0 Å². The minimum Gasteiger partial charge on any atom is -0.295 e. The van der Waals surface area contributed by atoms with Gasteiger partial charge in [-0.2, -0.15) is 0 Å². The lowest BCUT2D eigenvalue weighted by atomic mass is 9.65. The van der Waals surface area contributed by atoms with Crippen molar-refractivity contribution in [1.82, 2.24) is 0 Å². The SMILES string of the molecule is C=C1C(c2ccc(C)cc2C(C)CC)=C(C)C(C)(C)c2cc(C#CCCCC)c(CC)cc21.C=CCCC(C)CC(C)C.CC.CCCC(CCC)c1ccc(C(C)=O)c(CC)c1. The van der Waals surface area contributed by atoms with Crippen LogP contribution in [0.3, 0.4) is 0 Å². The first-order valence-corrected chi connectivity index (χ1v) is 25.4. The van der Waals surface area contributed by atoms with E-state index in [0.717, 1.165) is 48.7 Å². The molecular weight excluding hydrogens is 761 g/mol. The maximum absolute atomic E-state index is 11.6. The highest BCUT2D eigenvalue weighted by atomic mass is 16.1. The molecule has 1 aliphatic rings. The molecular formula is C62H94O. The predicted octanol–water partition coefficient (Wildman–Crippen LogP) is 19.2. The molecule has 0 spiro atoms. The average molecular weight is 855 g/mol. The Morgan fingerprint density at radius 1 is 0.794 bits per heavy atom. The first-order chi connectivity index (χ1) is 30.0. The molecule has 3 aromatic rings. The predicted molar refractivity (Wildman–Crippen MR) is 285 cm³/mol. The van der Waals surface area contributed by atoms with Gasteiger partial charge in [-0.25, -0.2) is 0 Å². The van der Waals surface area contributed by atoms with Crippen molar-refractivity contribution in [2.75, 3.05) is 0 Å². The van der Waals surface area contributed by atoms with E-state index in [1.54, 1.807) is 6.92 Å². The summed E-state index contributed by atoms with van der Waals surface area (Å²) >= 11 is 0. The molecule has 3 aromatic carbocycles. The number of unbranched alkanes of at least 4 members (excludes halogenated alkanes) is 2. The Balaban J connectivity index is 0.000000552. The quantitative estimate of drug-likeness (QED) is 0.0539. The molecule has 2 unspecified atom stereocenters. The number of aryl methyl sites for hydroxylation is 3. The smallest absolute Gasteiger partial charge is 0.160 e. The normalized spacial score (nSPS) is 13.6. The largest absolute Gasteiger partial charge is 0.295 e. The molecule has 0 aromatic heterocycles. The van der Waals surface area contributed by atoms with Crippen molar-refractivity contribution in [2.45, 2.75) is 218 Å². The average Bonchev–Trinajstić information content (AvgIpc) is 3.27. The van der Waals surface area contributed by atoms with Crippen LogP contribution < -0.4 is 0 Å². The molecule has 0 aliphatic heterocycles. The fraction of sp³-hybridized carbons (Fsp3) is 0.565. The van der Waals surface area contributed by atoms with Crippen molar-refractivity contribution in [1.29, 1.82) is 0 Å².